The van der Waals surface area contributed by atoms with Crippen LogP contribution in [0.4, 0.5) is 0 Å². The quantitative estimate of drug-likeness (QED) is 0.398. The molecule has 2 aromatic rings. The molecule has 0 spiro atoms. The normalized spacial score (nSPS) is 30.8. The monoisotopic (exact) mass is 689 g/mol. The van der Waals surface area contributed by atoms with Gasteiger partial charge in [-0.2, -0.15) is 0 Å². The summed E-state index contributed by atoms with van der Waals surface area (Å²) in [4.78, 5) is 70.9. The highest BCUT2D eigenvalue weighted by atomic mass is 79.9. The molecule has 0 radical (unpaired) electrons. The molecule has 7 atom stereocenters. The molecule has 7 rings (SSSR count). The predicted octanol–water partition coefficient (Wildman–Crippen LogP) is 3.93. The van der Waals surface area contributed by atoms with Crippen molar-refractivity contribution >= 4 is 62.7 Å². The maximum Gasteiger partial charge on any atom is 0.305 e. The number of aliphatic carboxylic acids is 1. The predicted molar refractivity (Wildman–Crippen MR) is 162 cm³/mol. The molecule has 13 heteroatoms. The summed E-state index contributed by atoms with van der Waals surface area (Å²) in [6.07, 6.45) is 4.02. The maximum atomic E-state index is 13.7. The Morgan fingerprint density at radius 3 is 2.56 bits per heavy atom. The number of piperidine rings is 1. The Kier molecular flexibility index (Phi) is 7.70. The van der Waals surface area contributed by atoms with Crippen LogP contribution in [0.1, 0.15) is 54.9 Å². The van der Waals surface area contributed by atoms with Crippen molar-refractivity contribution in [1.82, 2.24) is 14.8 Å². The molecule has 4 fully saturated rings. The zero-order chi connectivity index (χ0) is 30.0. The third kappa shape index (κ3) is 4.95. The standard InChI is InChI=1S/C30H32BrN3O7S2/c31-14-6-7-18(41-13-19(35)33-8-2-1-3-9-33)15(11-14)21-22-16-12-17(25(22)42-27-26(21)43-30(40)32-27)24-23(16)28(38)34(29(24)39)10-4-5-20(36)37/h6-7,11,16-17,21-25H,1-5,8-10,12-13H2,(H,32,40)(H,36,37)/t16?,17?,21-,22?,23?,24?,25?/m1/s1. The van der Waals surface area contributed by atoms with Gasteiger partial charge >= 0.3 is 10.8 Å². The summed E-state index contributed by atoms with van der Waals surface area (Å²) < 4.78 is 7.08. The van der Waals surface area contributed by atoms with E-state index in [-0.39, 0.29) is 77.5 Å². The first-order valence-corrected chi connectivity index (χ1v) is 17.4. The number of carbonyl (C=O) groups is 4. The number of nitrogens with one attached hydrogen (secondary N) is 1. The summed E-state index contributed by atoms with van der Waals surface area (Å²) in [6.45, 7) is 1.53. The van der Waals surface area contributed by atoms with Crippen molar-refractivity contribution < 1.29 is 29.0 Å². The zero-order valence-electron chi connectivity index (χ0n) is 23.3. The van der Waals surface area contributed by atoms with Gasteiger partial charge in [-0.05, 0) is 68.1 Å². The van der Waals surface area contributed by atoms with E-state index in [1.165, 1.54) is 16.2 Å². The molecule has 4 heterocycles. The molecule has 2 saturated heterocycles. The Bertz CT molecular complexity index is 1550. The minimum atomic E-state index is -0.950. The van der Waals surface area contributed by atoms with Crippen LogP contribution in [0.25, 0.3) is 0 Å². The van der Waals surface area contributed by atoms with Crippen LogP contribution in [0.5, 0.6) is 5.75 Å². The highest BCUT2D eigenvalue weighted by Gasteiger charge is 2.69. The van der Waals surface area contributed by atoms with Crippen LogP contribution in [0.3, 0.4) is 0 Å². The highest BCUT2D eigenvalue weighted by Crippen LogP contribution is 2.69. The fourth-order valence-corrected chi connectivity index (χ4v) is 11.6. The largest absolute Gasteiger partial charge is 0.483 e. The van der Waals surface area contributed by atoms with Gasteiger partial charge in [-0.1, -0.05) is 27.3 Å². The minimum absolute atomic E-state index is 0.0136. The number of thioether (sulfide) groups is 1. The number of nitrogens with zero attached hydrogens (tertiary/aromatic N) is 2. The van der Waals surface area contributed by atoms with Gasteiger partial charge in [0.1, 0.15) is 5.75 Å². The number of likely N-dealkylation sites (tertiary alicyclic amines) is 2. The van der Waals surface area contributed by atoms with E-state index in [0.717, 1.165) is 58.7 Å². The molecule has 43 heavy (non-hydrogen) atoms. The number of carboxylic acids is 1. The number of hydrogen-bond donors (Lipinski definition) is 2. The van der Waals surface area contributed by atoms with Crippen LogP contribution in [0.2, 0.25) is 0 Å². The molecule has 3 amide bonds. The molecule has 2 aliphatic carbocycles. The molecule has 2 saturated carbocycles. The van der Waals surface area contributed by atoms with Gasteiger partial charge in [0.2, 0.25) is 11.8 Å². The van der Waals surface area contributed by atoms with Crippen LogP contribution >= 0.6 is 39.0 Å². The Hall–Kier alpha value is -2.64. The summed E-state index contributed by atoms with van der Waals surface area (Å²) in [7, 11) is 0. The molecule has 1 aromatic carbocycles. The summed E-state index contributed by atoms with van der Waals surface area (Å²) >= 11 is 6.41. The van der Waals surface area contributed by atoms with Crippen LogP contribution < -0.4 is 9.61 Å². The SMILES string of the molecule is O=C(O)CCCN1C(=O)C2C3CC(C2C1=O)C1C3Sc2[nH]c(=O)sc2[C@@H]1c1cc(Br)ccc1OCC(=O)N1CCCCC1. The van der Waals surface area contributed by atoms with Crippen LogP contribution in [0, 0.1) is 29.6 Å². The van der Waals surface area contributed by atoms with Crippen molar-refractivity contribution in [2.24, 2.45) is 29.6 Å². The van der Waals surface area contributed by atoms with E-state index in [9.17, 15) is 24.0 Å². The lowest BCUT2D eigenvalue weighted by atomic mass is 9.68. The van der Waals surface area contributed by atoms with Gasteiger partial charge in [-0.3, -0.25) is 28.9 Å². The lowest BCUT2D eigenvalue weighted by molar-refractivity contribution is -0.142. The number of imide groups is 1. The van der Waals surface area contributed by atoms with Crippen LogP contribution in [-0.2, 0) is 19.2 Å². The molecule has 2 bridgehead atoms. The third-order valence-corrected chi connectivity index (χ3v) is 13.0. The number of carboxylic acid groups (broad SMARTS) is 1. The second kappa shape index (κ2) is 11.4. The molecule has 5 aliphatic rings. The molecular formula is C30H32BrN3O7S2. The number of rotatable bonds is 8. The van der Waals surface area contributed by atoms with Crippen molar-refractivity contribution in [3.05, 3.63) is 42.8 Å². The van der Waals surface area contributed by atoms with Gasteiger partial charge in [0.05, 0.1) is 16.9 Å². The van der Waals surface area contributed by atoms with Crippen molar-refractivity contribution in [2.45, 2.75) is 54.7 Å². The van der Waals surface area contributed by atoms with Crippen LogP contribution in [-0.4, -0.2) is 75.1 Å². The summed E-state index contributed by atoms with van der Waals surface area (Å²) in [6, 6.07) is 5.74. The molecular weight excluding hydrogens is 658 g/mol. The first-order valence-electron chi connectivity index (χ1n) is 14.9. The molecule has 10 nitrogen and oxygen atoms in total. The number of hydrogen-bond acceptors (Lipinski definition) is 8. The number of H-pyrrole nitrogens is 1. The Morgan fingerprint density at radius 2 is 1.81 bits per heavy atom. The Morgan fingerprint density at radius 1 is 1.07 bits per heavy atom. The van der Waals surface area contributed by atoms with Gasteiger partial charge in [0, 0.05) is 52.1 Å². The van der Waals surface area contributed by atoms with E-state index in [2.05, 4.69) is 20.9 Å². The number of ether oxygens (including phenoxy) is 1. The van der Waals surface area contributed by atoms with E-state index in [1.807, 2.05) is 23.1 Å². The number of amides is 3. The Labute approximate surface area is 264 Å². The van der Waals surface area contributed by atoms with E-state index >= 15 is 0 Å². The van der Waals surface area contributed by atoms with E-state index in [1.54, 1.807) is 11.8 Å². The lowest BCUT2D eigenvalue weighted by Crippen LogP contribution is -2.43. The number of halogens is 1. The number of thiazole rings is 1. The molecule has 228 valence electrons. The van der Waals surface area contributed by atoms with Gasteiger partial charge in [0.15, 0.2) is 6.61 Å². The zero-order valence-corrected chi connectivity index (χ0v) is 26.5. The maximum absolute atomic E-state index is 13.7. The topological polar surface area (TPSA) is 137 Å². The number of aromatic amines is 1. The number of aromatic nitrogens is 1. The van der Waals surface area contributed by atoms with Crippen molar-refractivity contribution in [1.29, 1.82) is 0 Å². The van der Waals surface area contributed by atoms with Crippen molar-refractivity contribution in [3.8, 4) is 5.75 Å². The average molecular weight is 691 g/mol. The lowest BCUT2D eigenvalue weighted by Gasteiger charge is -2.43. The van der Waals surface area contributed by atoms with E-state index in [4.69, 9.17) is 9.84 Å². The number of fused-ring (bicyclic) bond motifs is 9. The molecule has 2 N–H and O–H groups in total. The van der Waals surface area contributed by atoms with Crippen molar-refractivity contribution in [2.75, 3.05) is 26.2 Å². The van der Waals surface area contributed by atoms with Gasteiger partial charge < -0.3 is 19.7 Å². The summed E-state index contributed by atoms with van der Waals surface area (Å²) in [5.74, 6) is -2.00. The van der Waals surface area contributed by atoms with E-state index in [0.29, 0.717) is 5.75 Å². The average Bonchev–Trinajstić information content (AvgIpc) is 3.72. The molecule has 6 unspecified atom stereocenters. The molecule has 1 aromatic heterocycles. The fraction of sp³-hybridized carbons (Fsp3) is 0.567. The highest BCUT2D eigenvalue weighted by molar-refractivity contribution is 9.10. The first-order chi connectivity index (χ1) is 20.7. The second-order valence-corrected chi connectivity index (χ2v) is 15.3. The first kappa shape index (κ1) is 29.1. The number of benzene rings is 1. The smallest absolute Gasteiger partial charge is 0.305 e. The minimum Gasteiger partial charge on any atom is -0.483 e. The van der Waals surface area contributed by atoms with Crippen molar-refractivity contribution in [3.63, 3.8) is 0 Å². The molecule has 3 aliphatic heterocycles. The van der Waals surface area contributed by atoms with Crippen LogP contribution in [0.15, 0.2) is 32.5 Å². The van der Waals surface area contributed by atoms with Gasteiger partial charge in [-0.25, -0.2) is 0 Å². The number of carbonyl (C=O) groups excluding carboxylic acids is 3. The van der Waals surface area contributed by atoms with Gasteiger partial charge in [0.25, 0.3) is 5.91 Å². The third-order valence-electron chi connectivity index (χ3n) is 9.95. The fourth-order valence-electron chi connectivity index (χ4n) is 8.30. The Balaban J connectivity index is 1.22. The van der Waals surface area contributed by atoms with E-state index < -0.39 is 17.8 Å². The van der Waals surface area contributed by atoms with Gasteiger partial charge in [-0.15, -0.1) is 11.8 Å². The second-order valence-electron chi connectivity index (χ2n) is 12.2. The summed E-state index contributed by atoms with van der Waals surface area (Å²) in [5, 5.41) is 9.89. The summed E-state index contributed by atoms with van der Waals surface area (Å²) in [5.41, 5.74) is 0.867.